The normalized spacial score (nSPS) is 21.2. The van der Waals surface area contributed by atoms with Gasteiger partial charge in [-0.05, 0) is 50.9 Å². The Kier molecular flexibility index (Phi) is 3.87. The number of amidine groups is 1. The van der Waals surface area contributed by atoms with E-state index in [9.17, 15) is 10.1 Å². The molecular weight excluding hydrogens is 294 g/mol. The number of aliphatic imine (C=N–C) groups is 1. The van der Waals surface area contributed by atoms with Gasteiger partial charge < -0.3 is 10.6 Å². The summed E-state index contributed by atoms with van der Waals surface area (Å²) >= 11 is 5.91. The largest absolute Gasteiger partial charge is 0.415 e. The van der Waals surface area contributed by atoms with Crippen LogP contribution < -0.4 is 10.6 Å². The molecule has 1 atom stereocenters. The molecule has 1 aliphatic heterocycles. The summed E-state index contributed by atoms with van der Waals surface area (Å²) in [5.41, 5.74) is 3.49. The smallest absolute Gasteiger partial charge is 0.340 e. The summed E-state index contributed by atoms with van der Waals surface area (Å²) in [7, 11) is 0. The molecule has 8 heteroatoms. The Morgan fingerprint density at radius 2 is 2.05 bits per heavy atom. The first-order valence-corrected chi connectivity index (χ1v) is 6.70. The molecule has 0 bridgehead atoms. The number of hydrogen-bond donors (Lipinski definition) is 2. The van der Waals surface area contributed by atoms with Gasteiger partial charge in [-0.1, -0.05) is 0 Å². The summed E-state index contributed by atoms with van der Waals surface area (Å²) in [5, 5.41) is 15.1. The molecule has 1 unspecified atom stereocenters. The number of nitrogens with one attached hydrogen (secondary N) is 2. The topological polar surface area (TPSA) is 92.5 Å². The van der Waals surface area contributed by atoms with E-state index in [-0.39, 0.29) is 0 Å². The molecule has 7 nitrogen and oxygen atoms in total. The van der Waals surface area contributed by atoms with Crippen LogP contribution in [-0.2, 0) is 0 Å². The van der Waals surface area contributed by atoms with Crippen LogP contribution in [0.15, 0.2) is 23.0 Å². The molecule has 112 valence electrons. The number of rotatable bonds is 3. The van der Waals surface area contributed by atoms with E-state index in [1.54, 1.807) is 6.92 Å². The van der Waals surface area contributed by atoms with Crippen LogP contribution in [0.25, 0.3) is 0 Å². The Morgan fingerprint density at radius 1 is 1.38 bits per heavy atom. The third kappa shape index (κ3) is 3.13. The van der Waals surface area contributed by atoms with Crippen molar-refractivity contribution in [3.8, 4) is 0 Å². The standard InChI is InChI=1S/C13H16ClN5O2/c1-7-5-8(2)15-9(3)12(7)17-11-6-13(14,19(20)21)18-10(4)16-11/h5-6,17H,1-4H3,(H,16,18). The van der Waals surface area contributed by atoms with E-state index in [2.05, 4.69) is 20.6 Å². The summed E-state index contributed by atoms with van der Waals surface area (Å²) < 4.78 is 0. The second-order valence-corrected chi connectivity index (χ2v) is 5.50. The Bertz CT molecular complexity index is 648. The fourth-order valence-corrected chi connectivity index (χ4v) is 2.45. The molecule has 2 N–H and O–H groups in total. The van der Waals surface area contributed by atoms with Gasteiger partial charge in [0.1, 0.15) is 11.7 Å². The monoisotopic (exact) mass is 309 g/mol. The molecule has 0 aromatic carbocycles. The zero-order valence-corrected chi connectivity index (χ0v) is 12.9. The van der Waals surface area contributed by atoms with Crippen LogP contribution in [-0.4, -0.2) is 20.9 Å². The molecule has 2 heterocycles. The lowest BCUT2D eigenvalue weighted by Gasteiger charge is -2.23. The number of nitro groups is 1. The predicted molar refractivity (Wildman–Crippen MR) is 82.0 cm³/mol. The number of anilines is 1. The molecule has 1 aliphatic rings. The van der Waals surface area contributed by atoms with Crippen LogP contribution in [0.5, 0.6) is 0 Å². The van der Waals surface area contributed by atoms with Crippen molar-refractivity contribution in [1.82, 2.24) is 10.3 Å². The zero-order chi connectivity index (χ0) is 15.8. The van der Waals surface area contributed by atoms with Crippen LogP contribution in [0.1, 0.15) is 23.9 Å². The van der Waals surface area contributed by atoms with Gasteiger partial charge in [0.2, 0.25) is 0 Å². The maximum atomic E-state index is 11.1. The fraction of sp³-hybridized carbons (Fsp3) is 0.385. The van der Waals surface area contributed by atoms with E-state index in [4.69, 9.17) is 11.6 Å². The van der Waals surface area contributed by atoms with E-state index in [1.165, 1.54) is 6.08 Å². The van der Waals surface area contributed by atoms with Gasteiger partial charge in [-0.3, -0.25) is 15.1 Å². The van der Waals surface area contributed by atoms with Crippen molar-refractivity contribution < 1.29 is 4.92 Å². The fourth-order valence-electron chi connectivity index (χ4n) is 2.22. The Labute approximate surface area is 127 Å². The number of aromatic nitrogens is 1. The second-order valence-electron chi connectivity index (χ2n) is 4.94. The molecule has 0 radical (unpaired) electrons. The minimum Gasteiger partial charge on any atom is -0.340 e. The highest BCUT2D eigenvalue weighted by Crippen LogP contribution is 2.26. The first-order chi connectivity index (χ1) is 9.71. The zero-order valence-electron chi connectivity index (χ0n) is 12.2. The highest BCUT2D eigenvalue weighted by Gasteiger charge is 2.41. The summed E-state index contributed by atoms with van der Waals surface area (Å²) in [6.45, 7) is 7.33. The van der Waals surface area contributed by atoms with Gasteiger partial charge in [0.15, 0.2) is 0 Å². The quantitative estimate of drug-likeness (QED) is 0.387. The van der Waals surface area contributed by atoms with Crippen LogP contribution >= 0.6 is 11.6 Å². The second kappa shape index (κ2) is 5.33. The molecule has 1 aromatic heterocycles. The first-order valence-electron chi connectivity index (χ1n) is 6.33. The number of aryl methyl sites for hydroxylation is 3. The maximum absolute atomic E-state index is 11.1. The van der Waals surface area contributed by atoms with Crippen LogP contribution in [0.3, 0.4) is 0 Å². The van der Waals surface area contributed by atoms with Gasteiger partial charge in [0, 0.05) is 5.69 Å². The van der Waals surface area contributed by atoms with Gasteiger partial charge in [-0.2, -0.15) is 4.99 Å². The number of halogens is 1. The van der Waals surface area contributed by atoms with Crippen LogP contribution in [0.4, 0.5) is 5.69 Å². The molecule has 0 fully saturated rings. The highest BCUT2D eigenvalue weighted by atomic mass is 35.5. The van der Waals surface area contributed by atoms with Gasteiger partial charge in [0.05, 0.1) is 22.4 Å². The van der Waals surface area contributed by atoms with Crippen LogP contribution in [0, 0.1) is 30.9 Å². The van der Waals surface area contributed by atoms with Gasteiger partial charge >= 0.3 is 5.12 Å². The van der Waals surface area contributed by atoms with Gasteiger partial charge in [-0.15, -0.1) is 0 Å². The average molecular weight is 310 g/mol. The lowest BCUT2D eigenvalue weighted by molar-refractivity contribution is -0.526. The molecule has 2 rings (SSSR count). The van der Waals surface area contributed by atoms with Gasteiger partial charge in [0.25, 0.3) is 0 Å². The lowest BCUT2D eigenvalue weighted by atomic mass is 10.1. The number of nitrogens with zero attached hydrogens (tertiary/aromatic N) is 3. The number of hydrogen-bond acceptors (Lipinski definition) is 6. The molecule has 1 aromatic rings. The Balaban J connectivity index is 2.37. The Hall–Kier alpha value is -2.15. The van der Waals surface area contributed by atoms with Crippen molar-refractivity contribution in [3.05, 3.63) is 45.0 Å². The van der Waals surface area contributed by atoms with Crippen molar-refractivity contribution in [1.29, 1.82) is 0 Å². The molecule has 0 saturated carbocycles. The van der Waals surface area contributed by atoms with E-state index in [1.807, 2.05) is 26.8 Å². The van der Waals surface area contributed by atoms with E-state index < -0.39 is 10.0 Å². The predicted octanol–water partition coefficient (Wildman–Crippen LogP) is 2.45. The SMILES string of the molecule is CC1=NC(Cl)([N+](=O)[O-])C=C(Nc2c(C)cc(C)nc2C)N1. The van der Waals surface area contributed by atoms with Crippen LogP contribution in [0.2, 0.25) is 0 Å². The third-order valence-electron chi connectivity index (χ3n) is 3.01. The van der Waals surface area contributed by atoms with Crippen molar-refractivity contribution in [3.63, 3.8) is 0 Å². The van der Waals surface area contributed by atoms with Crippen molar-refractivity contribution in [2.75, 3.05) is 5.32 Å². The summed E-state index contributed by atoms with van der Waals surface area (Å²) in [6.07, 6.45) is 1.24. The van der Waals surface area contributed by atoms with Crippen molar-refractivity contribution in [2.24, 2.45) is 4.99 Å². The van der Waals surface area contributed by atoms with Gasteiger partial charge in [-0.25, -0.2) is 0 Å². The molecule has 0 amide bonds. The summed E-state index contributed by atoms with van der Waals surface area (Å²) in [6, 6.07) is 1.93. The highest BCUT2D eigenvalue weighted by molar-refractivity contribution is 6.24. The summed E-state index contributed by atoms with van der Waals surface area (Å²) in [5.74, 6) is 0.771. The van der Waals surface area contributed by atoms with E-state index >= 15 is 0 Å². The average Bonchev–Trinajstić information content (AvgIpc) is 2.32. The van der Waals surface area contributed by atoms with E-state index in [0.29, 0.717) is 11.7 Å². The Morgan fingerprint density at radius 3 is 2.62 bits per heavy atom. The van der Waals surface area contributed by atoms with E-state index in [0.717, 1.165) is 22.6 Å². The van der Waals surface area contributed by atoms with Crippen molar-refractivity contribution >= 4 is 23.1 Å². The minimum absolute atomic E-state index is 0.363. The lowest BCUT2D eigenvalue weighted by Crippen LogP contribution is -2.39. The summed E-state index contributed by atoms with van der Waals surface area (Å²) in [4.78, 5) is 18.6. The maximum Gasteiger partial charge on any atom is 0.415 e. The first kappa shape index (κ1) is 15.2. The molecular formula is C13H16ClN5O2. The minimum atomic E-state index is -1.99. The number of pyridine rings is 1. The third-order valence-corrected chi connectivity index (χ3v) is 3.34. The van der Waals surface area contributed by atoms with Crippen molar-refractivity contribution in [2.45, 2.75) is 32.8 Å². The molecule has 0 aliphatic carbocycles. The molecule has 21 heavy (non-hydrogen) atoms. The molecule has 0 saturated heterocycles. The number of alkyl halides is 1. The molecule has 0 spiro atoms.